The summed E-state index contributed by atoms with van der Waals surface area (Å²) in [5, 5.41) is 6.22. The monoisotopic (exact) mass is 183 g/mol. The highest BCUT2D eigenvalue weighted by atomic mass is 14.9. The van der Waals surface area contributed by atoms with Crippen molar-refractivity contribution < 1.29 is 0 Å². The lowest BCUT2D eigenvalue weighted by atomic mass is 9.91. The van der Waals surface area contributed by atoms with Crippen LogP contribution in [-0.2, 0) is 0 Å². The van der Waals surface area contributed by atoms with E-state index in [1.165, 1.54) is 10.4 Å². The molecule has 2 aliphatic rings. The number of hydrogen-bond acceptors (Lipinski definition) is 1. The summed E-state index contributed by atoms with van der Waals surface area (Å²) in [6.45, 7) is 0. The lowest BCUT2D eigenvalue weighted by molar-refractivity contribution is 0.713. The van der Waals surface area contributed by atoms with E-state index in [1.807, 2.05) is 0 Å². The van der Waals surface area contributed by atoms with Gasteiger partial charge in [-0.15, -0.1) is 0 Å². The second kappa shape index (κ2) is 3.02. The van der Waals surface area contributed by atoms with E-state index in [9.17, 15) is 0 Å². The molecule has 1 unspecified atom stereocenters. The topological polar surface area (TPSA) is 12.0 Å². The summed E-state index contributed by atoms with van der Waals surface area (Å²) < 4.78 is 0. The minimum absolute atomic E-state index is 0.537. The van der Waals surface area contributed by atoms with Gasteiger partial charge in [0.2, 0.25) is 0 Å². The standard InChI is InChI=1S/C13H13N/c1-2-6-11-10(5-1)9-14-13-8-4-3-7-12(11)13/h1-6,9,13-14H,7-8H2. The summed E-state index contributed by atoms with van der Waals surface area (Å²) >= 11 is 0. The van der Waals surface area contributed by atoms with Crippen molar-refractivity contribution in [1.82, 2.24) is 5.32 Å². The van der Waals surface area contributed by atoms with Gasteiger partial charge in [0.15, 0.2) is 0 Å². The third-order valence-electron chi connectivity index (χ3n) is 3.04. The minimum Gasteiger partial charge on any atom is -0.384 e. The molecule has 0 spiro atoms. The highest BCUT2D eigenvalue weighted by Gasteiger charge is 2.16. The number of nitrogens with one attached hydrogen (secondary N) is 1. The summed E-state index contributed by atoms with van der Waals surface area (Å²) in [6.07, 6.45) is 8.91. The van der Waals surface area contributed by atoms with Crippen LogP contribution in [0.2, 0.25) is 0 Å². The molecule has 1 aliphatic carbocycles. The van der Waals surface area contributed by atoms with Crippen molar-refractivity contribution >= 4 is 11.8 Å². The molecule has 0 bridgehead atoms. The molecule has 0 saturated heterocycles. The maximum absolute atomic E-state index is 3.46. The molecule has 0 radical (unpaired) electrons. The second-order valence-corrected chi connectivity index (χ2v) is 3.89. The van der Waals surface area contributed by atoms with E-state index >= 15 is 0 Å². The van der Waals surface area contributed by atoms with Gasteiger partial charge in [-0.1, -0.05) is 36.4 Å². The summed E-state index contributed by atoms with van der Waals surface area (Å²) in [5.74, 6) is 0. The Bertz CT molecular complexity index is 496. The zero-order chi connectivity index (χ0) is 9.38. The van der Waals surface area contributed by atoms with Crippen LogP contribution in [-0.4, -0.2) is 6.04 Å². The molecule has 0 fully saturated rings. The van der Waals surface area contributed by atoms with Gasteiger partial charge in [-0.25, -0.2) is 0 Å². The Hall–Kier alpha value is -1.50. The molecule has 0 saturated carbocycles. The zero-order valence-electron chi connectivity index (χ0n) is 8.03. The first kappa shape index (κ1) is 7.86. The van der Waals surface area contributed by atoms with Gasteiger partial charge >= 0.3 is 0 Å². The van der Waals surface area contributed by atoms with E-state index in [0.29, 0.717) is 6.04 Å². The summed E-state index contributed by atoms with van der Waals surface area (Å²) in [5.41, 5.74) is 1.55. The van der Waals surface area contributed by atoms with Crippen LogP contribution in [0.5, 0.6) is 0 Å². The van der Waals surface area contributed by atoms with Gasteiger partial charge in [-0.3, -0.25) is 0 Å². The van der Waals surface area contributed by atoms with Gasteiger partial charge in [0.25, 0.3) is 0 Å². The number of fused-ring (bicyclic) bond motifs is 2. The third kappa shape index (κ3) is 1.09. The Labute approximate surface area is 83.5 Å². The molecule has 14 heavy (non-hydrogen) atoms. The predicted molar refractivity (Wildman–Crippen MR) is 58.9 cm³/mol. The average Bonchev–Trinajstić information content (AvgIpc) is 2.29. The molecule has 1 heterocycles. The molecule has 1 aromatic carbocycles. The van der Waals surface area contributed by atoms with E-state index in [4.69, 9.17) is 0 Å². The first-order valence-electron chi connectivity index (χ1n) is 5.14. The molecule has 70 valence electrons. The quantitative estimate of drug-likeness (QED) is 0.589. The Morgan fingerprint density at radius 1 is 1.14 bits per heavy atom. The largest absolute Gasteiger partial charge is 0.384 e. The van der Waals surface area contributed by atoms with Crippen LogP contribution >= 0.6 is 0 Å². The Morgan fingerprint density at radius 3 is 3.07 bits per heavy atom. The van der Waals surface area contributed by atoms with Crippen LogP contribution in [0.3, 0.4) is 0 Å². The van der Waals surface area contributed by atoms with Crippen molar-refractivity contribution in [3.63, 3.8) is 0 Å². The Balaban J connectivity index is 2.33. The van der Waals surface area contributed by atoms with Gasteiger partial charge in [0, 0.05) is 6.20 Å². The first-order chi connectivity index (χ1) is 6.95. The van der Waals surface area contributed by atoms with Gasteiger partial charge in [0.05, 0.1) is 6.04 Å². The lowest BCUT2D eigenvalue weighted by Crippen LogP contribution is -2.42. The highest BCUT2D eigenvalue weighted by molar-refractivity contribution is 5.59. The Morgan fingerprint density at radius 2 is 2.07 bits per heavy atom. The van der Waals surface area contributed by atoms with Crippen LogP contribution in [0.15, 0.2) is 36.4 Å². The number of allylic oxidation sites excluding steroid dienone is 1. The fourth-order valence-corrected chi connectivity index (χ4v) is 2.30. The molecule has 1 aromatic rings. The maximum atomic E-state index is 3.46. The molecule has 3 rings (SSSR count). The lowest BCUT2D eigenvalue weighted by Gasteiger charge is -2.25. The van der Waals surface area contributed by atoms with E-state index in [0.717, 1.165) is 12.8 Å². The van der Waals surface area contributed by atoms with E-state index in [1.54, 1.807) is 5.57 Å². The number of benzene rings is 1. The zero-order valence-corrected chi connectivity index (χ0v) is 8.03. The fraction of sp³-hybridized carbons (Fsp3) is 0.231. The van der Waals surface area contributed by atoms with Gasteiger partial charge in [-0.05, 0) is 28.9 Å². The highest BCUT2D eigenvalue weighted by Crippen LogP contribution is 2.18. The molecule has 0 aromatic heterocycles. The van der Waals surface area contributed by atoms with Crippen LogP contribution < -0.4 is 15.8 Å². The van der Waals surface area contributed by atoms with Gasteiger partial charge in [-0.2, -0.15) is 0 Å². The molecule has 1 aliphatic heterocycles. The minimum atomic E-state index is 0.537. The molecule has 1 heteroatoms. The van der Waals surface area contributed by atoms with Crippen LogP contribution in [0.1, 0.15) is 12.8 Å². The van der Waals surface area contributed by atoms with Crippen LogP contribution in [0.25, 0.3) is 11.8 Å². The van der Waals surface area contributed by atoms with Crippen LogP contribution in [0.4, 0.5) is 0 Å². The van der Waals surface area contributed by atoms with Gasteiger partial charge in [0.1, 0.15) is 0 Å². The van der Waals surface area contributed by atoms with Crippen molar-refractivity contribution in [1.29, 1.82) is 0 Å². The third-order valence-corrected chi connectivity index (χ3v) is 3.04. The fourth-order valence-electron chi connectivity index (χ4n) is 2.30. The van der Waals surface area contributed by atoms with E-state index in [-0.39, 0.29) is 0 Å². The second-order valence-electron chi connectivity index (χ2n) is 3.89. The normalized spacial score (nSPS) is 23.1. The SMILES string of the molecule is C1=CCC2NC=c3ccccc3=C2C1. The molecule has 0 amide bonds. The van der Waals surface area contributed by atoms with Crippen molar-refractivity contribution in [2.75, 3.05) is 0 Å². The average molecular weight is 183 g/mol. The Kier molecular flexibility index (Phi) is 1.69. The van der Waals surface area contributed by atoms with Crippen molar-refractivity contribution in [3.8, 4) is 0 Å². The number of hydrogen-bond donors (Lipinski definition) is 1. The summed E-state index contributed by atoms with van der Waals surface area (Å²) in [6, 6.07) is 9.16. The molecule has 1 nitrogen and oxygen atoms in total. The number of rotatable bonds is 0. The van der Waals surface area contributed by atoms with Crippen molar-refractivity contribution in [3.05, 3.63) is 46.9 Å². The van der Waals surface area contributed by atoms with E-state index in [2.05, 4.69) is 47.9 Å². The molecular weight excluding hydrogens is 170 g/mol. The van der Waals surface area contributed by atoms with Crippen molar-refractivity contribution in [2.24, 2.45) is 0 Å². The van der Waals surface area contributed by atoms with Gasteiger partial charge < -0.3 is 5.32 Å². The van der Waals surface area contributed by atoms with Crippen LogP contribution in [0, 0.1) is 0 Å². The maximum Gasteiger partial charge on any atom is 0.0514 e. The first-order valence-corrected chi connectivity index (χ1v) is 5.14. The summed E-state index contributed by atoms with van der Waals surface area (Å²) in [4.78, 5) is 0. The van der Waals surface area contributed by atoms with Crippen molar-refractivity contribution in [2.45, 2.75) is 18.9 Å². The summed E-state index contributed by atoms with van der Waals surface area (Å²) in [7, 11) is 0. The molecule has 1 N–H and O–H groups in total. The molecular formula is C13H13N. The van der Waals surface area contributed by atoms with E-state index < -0.39 is 0 Å². The smallest absolute Gasteiger partial charge is 0.0514 e. The predicted octanol–water partition coefficient (Wildman–Crippen LogP) is 0.897. The molecule has 1 atom stereocenters.